The van der Waals surface area contributed by atoms with Crippen molar-refractivity contribution in [1.29, 1.82) is 0 Å². The van der Waals surface area contributed by atoms with Crippen LogP contribution >= 0.6 is 0 Å². The van der Waals surface area contributed by atoms with Gasteiger partial charge in [0, 0.05) is 17.9 Å². The van der Waals surface area contributed by atoms with E-state index in [1.54, 1.807) is 12.1 Å². The molecule has 0 spiro atoms. The molecule has 1 aromatic carbocycles. The van der Waals surface area contributed by atoms with E-state index in [1.807, 2.05) is 25.1 Å². The number of hydrogen-bond donors (Lipinski definition) is 1. The molecule has 2 aromatic rings. The van der Waals surface area contributed by atoms with Crippen LogP contribution in [0.2, 0.25) is 0 Å². The molecule has 0 saturated carbocycles. The zero-order chi connectivity index (χ0) is 13.7. The van der Waals surface area contributed by atoms with E-state index in [0.29, 0.717) is 6.54 Å². The van der Waals surface area contributed by atoms with Gasteiger partial charge in [-0.2, -0.15) is 0 Å². The largest absolute Gasteiger partial charge is 0.330 e. The Labute approximate surface area is 112 Å². The molecule has 3 nitrogen and oxygen atoms in total. The molecular weight excluding hydrogens is 241 g/mol. The number of nitrogens with two attached hydrogens (primary N) is 1. The summed E-state index contributed by atoms with van der Waals surface area (Å²) in [5.41, 5.74) is 7.46. The van der Waals surface area contributed by atoms with E-state index in [2.05, 4.69) is 9.88 Å². The second kappa shape index (κ2) is 6.29. The van der Waals surface area contributed by atoms with Gasteiger partial charge in [0.2, 0.25) is 0 Å². The zero-order valence-corrected chi connectivity index (χ0v) is 11.0. The van der Waals surface area contributed by atoms with E-state index in [0.717, 1.165) is 30.2 Å². The van der Waals surface area contributed by atoms with Crippen LogP contribution in [0.5, 0.6) is 0 Å². The molecule has 2 N–H and O–H groups in total. The fourth-order valence-corrected chi connectivity index (χ4v) is 1.93. The van der Waals surface area contributed by atoms with Crippen molar-refractivity contribution in [3.8, 4) is 0 Å². The third kappa shape index (κ3) is 3.51. The molecule has 0 unspecified atom stereocenters. The van der Waals surface area contributed by atoms with Crippen LogP contribution in [-0.4, -0.2) is 18.1 Å². The van der Waals surface area contributed by atoms with Gasteiger partial charge in [-0.15, -0.1) is 0 Å². The molecule has 0 radical (unpaired) electrons. The van der Waals surface area contributed by atoms with E-state index < -0.39 is 0 Å². The second-order valence-electron chi connectivity index (χ2n) is 4.41. The summed E-state index contributed by atoms with van der Waals surface area (Å²) in [4.78, 5) is 6.57. The zero-order valence-electron chi connectivity index (χ0n) is 11.0. The van der Waals surface area contributed by atoms with E-state index in [9.17, 15) is 4.39 Å². The molecule has 1 aromatic heterocycles. The Morgan fingerprint density at radius 3 is 2.53 bits per heavy atom. The first-order chi connectivity index (χ1) is 9.20. The molecule has 0 aliphatic heterocycles. The first kappa shape index (κ1) is 13.5. The van der Waals surface area contributed by atoms with Gasteiger partial charge in [0.25, 0.3) is 0 Å². The quantitative estimate of drug-likeness (QED) is 0.897. The van der Waals surface area contributed by atoms with Gasteiger partial charge in [0.1, 0.15) is 11.6 Å². The maximum atomic E-state index is 13.0. The number of halogens is 1. The number of rotatable bonds is 5. The first-order valence-corrected chi connectivity index (χ1v) is 6.37. The Morgan fingerprint density at radius 2 is 1.89 bits per heavy atom. The first-order valence-electron chi connectivity index (χ1n) is 6.37. The molecule has 0 aliphatic rings. The standard InChI is InChI=1S/C15H18FN3/c1-12-4-2-5-15(18-12)19(11-3-10-17)14-8-6-13(16)7-9-14/h2,4-9H,3,10-11,17H2,1H3. The average molecular weight is 259 g/mol. The summed E-state index contributed by atoms with van der Waals surface area (Å²) in [6.45, 7) is 3.33. The molecule has 2 rings (SSSR count). The number of benzene rings is 1. The molecule has 100 valence electrons. The van der Waals surface area contributed by atoms with Crippen LogP contribution < -0.4 is 10.6 Å². The van der Waals surface area contributed by atoms with Gasteiger partial charge in [-0.3, -0.25) is 0 Å². The highest BCUT2D eigenvalue weighted by atomic mass is 19.1. The fourth-order valence-electron chi connectivity index (χ4n) is 1.93. The lowest BCUT2D eigenvalue weighted by Crippen LogP contribution is -2.22. The summed E-state index contributed by atoms with van der Waals surface area (Å²) in [5.74, 6) is 0.625. The van der Waals surface area contributed by atoms with Crippen molar-refractivity contribution in [1.82, 2.24) is 4.98 Å². The van der Waals surface area contributed by atoms with E-state index >= 15 is 0 Å². The van der Waals surface area contributed by atoms with Crippen LogP contribution in [0.1, 0.15) is 12.1 Å². The van der Waals surface area contributed by atoms with Crippen LogP contribution in [0, 0.1) is 12.7 Å². The topological polar surface area (TPSA) is 42.1 Å². The van der Waals surface area contributed by atoms with Crippen molar-refractivity contribution in [3.05, 3.63) is 54.0 Å². The average Bonchev–Trinajstić information content (AvgIpc) is 2.41. The highest BCUT2D eigenvalue weighted by Gasteiger charge is 2.10. The number of anilines is 2. The molecule has 0 amide bonds. The highest BCUT2D eigenvalue weighted by molar-refractivity contribution is 5.59. The summed E-state index contributed by atoms with van der Waals surface area (Å²) >= 11 is 0. The molecule has 0 fully saturated rings. The molecule has 0 saturated heterocycles. The number of aryl methyl sites for hydroxylation is 1. The van der Waals surface area contributed by atoms with Gasteiger partial charge in [-0.05, 0) is 56.3 Å². The Hall–Kier alpha value is -1.94. The van der Waals surface area contributed by atoms with Crippen molar-refractivity contribution in [2.24, 2.45) is 5.73 Å². The summed E-state index contributed by atoms with van der Waals surface area (Å²) in [6, 6.07) is 12.3. The van der Waals surface area contributed by atoms with E-state index in [1.165, 1.54) is 12.1 Å². The lowest BCUT2D eigenvalue weighted by Gasteiger charge is -2.24. The predicted molar refractivity (Wildman–Crippen MR) is 76.1 cm³/mol. The van der Waals surface area contributed by atoms with Gasteiger partial charge >= 0.3 is 0 Å². The molecule has 4 heteroatoms. The summed E-state index contributed by atoms with van der Waals surface area (Å²) in [5, 5.41) is 0. The minimum absolute atomic E-state index is 0.236. The molecule has 1 heterocycles. The second-order valence-corrected chi connectivity index (χ2v) is 4.41. The maximum absolute atomic E-state index is 13.0. The molecule has 0 aliphatic carbocycles. The summed E-state index contributed by atoms with van der Waals surface area (Å²) in [7, 11) is 0. The van der Waals surface area contributed by atoms with E-state index in [-0.39, 0.29) is 5.82 Å². The molecule has 0 bridgehead atoms. The number of nitrogens with zero attached hydrogens (tertiary/aromatic N) is 2. The Kier molecular flexibility index (Phi) is 4.47. The lowest BCUT2D eigenvalue weighted by molar-refractivity contribution is 0.627. The lowest BCUT2D eigenvalue weighted by atomic mass is 10.2. The van der Waals surface area contributed by atoms with Gasteiger partial charge < -0.3 is 10.6 Å². The van der Waals surface area contributed by atoms with Gasteiger partial charge in [-0.1, -0.05) is 6.07 Å². The summed E-state index contributed by atoms with van der Waals surface area (Å²) < 4.78 is 13.0. The minimum atomic E-state index is -0.236. The van der Waals surface area contributed by atoms with Gasteiger partial charge in [0.15, 0.2) is 0 Å². The monoisotopic (exact) mass is 259 g/mol. The van der Waals surface area contributed by atoms with Crippen molar-refractivity contribution < 1.29 is 4.39 Å². The van der Waals surface area contributed by atoms with Crippen LogP contribution in [0.3, 0.4) is 0 Å². The Bertz CT molecular complexity index is 525. The fraction of sp³-hybridized carbons (Fsp3) is 0.267. The third-order valence-electron chi connectivity index (χ3n) is 2.87. The van der Waals surface area contributed by atoms with E-state index in [4.69, 9.17) is 5.73 Å². The van der Waals surface area contributed by atoms with Gasteiger partial charge in [-0.25, -0.2) is 9.37 Å². The maximum Gasteiger partial charge on any atom is 0.133 e. The normalized spacial score (nSPS) is 10.5. The highest BCUT2D eigenvalue weighted by Crippen LogP contribution is 2.24. The predicted octanol–water partition coefficient (Wildman–Crippen LogP) is 3.02. The minimum Gasteiger partial charge on any atom is -0.330 e. The molecule has 19 heavy (non-hydrogen) atoms. The van der Waals surface area contributed by atoms with Crippen molar-refractivity contribution in [3.63, 3.8) is 0 Å². The van der Waals surface area contributed by atoms with Crippen LogP contribution in [-0.2, 0) is 0 Å². The Balaban J connectivity index is 2.32. The van der Waals surface area contributed by atoms with Crippen molar-refractivity contribution >= 4 is 11.5 Å². The van der Waals surface area contributed by atoms with Crippen molar-refractivity contribution in [2.75, 3.05) is 18.0 Å². The number of pyridine rings is 1. The van der Waals surface area contributed by atoms with Crippen LogP contribution in [0.15, 0.2) is 42.5 Å². The number of aromatic nitrogens is 1. The SMILES string of the molecule is Cc1cccc(N(CCCN)c2ccc(F)cc2)n1. The Morgan fingerprint density at radius 1 is 1.16 bits per heavy atom. The summed E-state index contributed by atoms with van der Waals surface area (Å²) in [6.07, 6.45) is 0.854. The molecular formula is C15H18FN3. The number of hydrogen-bond acceptors (Lipinski definition) is 3. The van der Waals surface area contributed by atoms with Crippen LogP contribution in [0.25, 0.3) is 0 Å². The van der Waals surface area contributed by atoms with Gasteiger partial charge in [0.05, 0.1) is 0 Å². The van der Waals surface area contributed by atoms with Crippen LogP contribution in [0.4, 0.5) is 15.9 Å². The smallest absolute Gasteiger partial charge is 0.133 e. The van der Waals surface area contributed by atoms with Crippen molar-refractivity contribution in [2.45, 2.75) is 13.3 Å². The third-order valence-corrected chi connectivity index (χ3v) is 2.87. The molecule has 0 atom stereocenters.